The van der Waals surface area contributed by atoms with Crippen molar-refractivity contribution in [1.29, 1.82) is 0 Å². The molecule has 94 valence electrons. The zero-order valence-electron chi connectivity index (χ0n) is 8.84. The molecule has 0 fully saturated rings. The van der Waals surface area contributed by atoms with Crippen LogP contribution in [0.4, 0.5) is 8.78 Å². The lowest BCUT2D eigenvalue weighted by Crippen LogP contribution is -2.12. The largest absolute Gasteiger partial charge is 0.462 e. The first-order chi connectivity index (χ1) is 8.02. The number of hydrogen-bond acceptors (Lipinski definition) is 3. The molecule has 0 aromatic carbocycles. The van der Waals surface area contributed by atoms with Crippen molar-refractivity contribution in [3.63, 3.8) is 0 Å². The normalized spacial score (nSPS) is 10.7. The number of halogens is 4. The molecule has 0 aliphatic carbocycles. The van der Waals surface area contributed by atoms with E-state index in [9.17, 15) is 13.6 Å². The van der Waals surface area contributed by atoms with Crippen LogP contribution in [-0.4, -0.2) is 17.6 Å². The number of carbonyl (C=O) groups excluding carboxylic acids is 1. The monoisotopic (exact) mass is 327 g/mol. The number of ether oxygens (including phenoxy) is 1. The van der Waals surface area contributed by atoms with Gasteiger partial charge in [-0.1, -0.05) is 27.5 Å². The molecule has 0 aliphatic heterocycles. The minimum Gasteiger partial charge on any atom is -0.462 e. The van der Waals surface area contributed by atoms with Crippen molar-refractivity contribution < 1.29 is 18.3 Å². The van der Waals surface area contributed by atoms with Gasteiger partial charge in [0.25, 0.3) is 6.43 Å². The molecule has 0 radical (unpaired) electrons. The Bertz CT molecular complexity index is 429. The van der Waals surface area contributed by atoms with Gasteiger partial charge in [0.15, 0.2) is 0 Å². The lowest BCUT2D eigenvalue weighted by molar-refractivity contribution is 0.0515. The molecule has 0 atom stereocenters. The molecule has 7 heteroatoms. The summed E-state index contributed by atoms with van der Waals surface area (Å²) in [7, 11) is 0. The molecule has 1 aromatic rings. The van der Waals surface area contributed by atoms with E-state index in [1.807, 2.05) is 0 Å². The van der Waals surface area contributed by atoms with Gasteiger partial charge in [0.1, 0.15) is 0 Å². The standard InChI is InChI=1S/C10H9BrClF2NO2/c1-2-17-10(16)7-5(12)4-15-6(3-11)8(7)9(13)14/h4,9H,2-3H2,1H3. The Kier molecular flexibility index (Phi) is 5.27. The highest BCUT2D eigenvalue weighted by molar-refractivity contribution is 9.08. The van der Waals surface area contributed by atoms with Gasteiger partial charge >= 0.3 is 5.97 Å². The fourth-order valence-corrected chi connectivity index (χ4v) is 1.97. The van der Waals surface area contributed by atoms with Gasteiger partial charge in [-0.2, -0.15) is 0 Å². The van der Waals surface area contributed by atoms with Gasteiger partial charge in [-0.15, -0.1) is 0 Å². The third kappa shape index (κ3) is 3.13. The van der Waals surface area contributed by atoms with Crippen molar-refractivity contribution in [2.24, 2.45) is 0 Å². The van der Waals surface area contributed by atoms with Crippen LogP contribution >= 0.6 is 27.5 Å². The lowest BCUT2D eigenvalue weighted by Gasteiger charge is -2.12. The molecular formula is C10H9BrClF2NO2. The van der Waals surface area contributed by atoms with Crippen molar-refractivity contribution in [3.05, 3.63) is 28.0 Å². The van der Waals surface area contributed by atoms with E-state index < -0.39 is 18.0 Å². The van der Waals surface area contributed by atoms with E-state index in [1.165, 1.54) is 0 Å². The number of alkyl halides is 3. The predicted molar refractivity (Wildman–Crippen MR) is 62.8 cm³/mol. The molecule has 0 unspecified atom stereocenters. The highest BCUT2D eigenvalue weighted by Crippen LogP contribution is 2.31. The number of esters is 1. The molecule has 3 nitrogen and oxygen atoms in total. The maximum absolute atomic E-state index is 12.9. The minimum atomic E-state index is -2.84. The Balaban J connectivity index is 3.38. The SMILES string of the molecule is CCOC(=O)c1c(Cl)cnc(CBr)c1C(F)F. The average Bonchev–Trinajstić information content (AvgIpc) is 2.28. The summed E-state index contributed by atoms with van der Waals surface area (Å²) in [6.07, 6.45) is -1.68. The van der Waals surface area contributed by atoms with Gasteiger partial charge in [0, 0.05) is 11.5 Å². The molecule has 17 heavy (non-hydrogen) atoms. The molecule has 0 saturated heterocycles. The maximum atomic E-state index is 12.9. The summed E-state index contributed by atoms with van der Waals surface area (Å²) < 4.78 is 30.6. The van der Waals surface area contributed by atoms with Crippen LogP contribution in [0.25, 0.3) is 0 Å². The maximum Gasteiger partial charge on any atom is 0.340 e. The molecule has 1 aromatic heterocycles. The highest BCUT2D eigenvalue weighted by atomic mass is 79.9. The third-order valence-electron chi connectivity index (χ3n) is 1.98. The molecule has 0 aliphatic rings. The van der Waals surface area contributed by atoms with Gasteiger partial charge in [0.05, 0.1) is 28.5 Å². The third-order valence-corrected chi connectivity index (χ3v) is 2.79. The first-order valence-electron chi connectivity index (χ1n) is 4.71. The van der Waals surface area contributed by atoms with Crippen molar-refractivity contribution in [2.45, 2.75) is 18.7 Å². The van der Waals surface area contributed by atoms with E-state index in [2.05, 4.69) is 20.9 Å². The van der Waals surface area contributed by atoms with Crippen LogP contribution in [0.5, 0.6) is 0 Å². The summed E-state index contributed by atoms with van der Waals surface area (Å²) in [4.78, 5) is 15.3. The van der Waals surface area contributed by atoms with Crippen molar-refractivity contribution >= 4 is 33.5 Å². The number of nitrogens with zero attached hydrogens (tertiary/aromatic N) is 1. The molecule has 0 saturated carbocycles. The second-order valence-electron chi connectivity index (χ2n) is 3.00. The van der Waals surface area contributed by atoms with Crippen molar-refractivity contribution in [2.75, 3.05) is 6.61 Å². The summed E-state index contributed by atoms with van der Waals surface area (Å²) in [5.41, 5.74) is -0.715. The Morgan fingerprint density at radius 2 is 2.29 bits per heavy atom. The van der Waals surface area contributed by atoms with E-state index in [-0.39, 0.29) is 28.2 Å². The summed E-state index contributed by atoms with van der Waals surface area (Å²) in [6.45, 7) is 1.67. The Morgan fingerprint density at radius 3 is 2.76 bits per heavy atom. The Hall–Kier alpha value is -0.750. The number of aromatic nitrogens is 1. The molecule has 0 N–H and O–H groups in total. The second-order valence-corrected chi connectivity index (χ2v) is 3.96. The van der Waals surface area contributed by atoms with E-state index in [0.29, 0.717) is 0 Å². The molecular weight excluding hydrogens is 319 g/mol. The average molecular weight is 329 g/mol. The Labute approximate surface area is 110 Å². The second kappa shape index (κ2) is 6.26. The number of rotatable bonds is 4. The van der Waals surface area contributed by atoms with Crippen LogP contribution < -0.4 is 0 Å². The van der Waals surface area contributed by atoms with Gasteiger partial charge in [-0.25, -0.2) is 13.6 Å². The fourth-order valence-electron chi connectivity index (χ4n) is 1.29. The molecule has 0 spiro atoms. The van der Waals surface area contributed by atoms with E-state index >= 15 is 0 Å². The van der Waals surface area contributed by atoms with Crippen molar-refractivity contribution in [3.8, 4) is 0 Å². The van der Waals surface area contributed by atoms with Crippen LogP contribution in [0.15, 0.2) is 6.20 Å². The molecule has 0 amide bonds. The summed E-state index contributed by atoms with van der Waals surface area (Å²) in [5, 5.41) is -0.0283. The number of carbonyl (C=O) groups is 1. The topological polar surface area (TPSA) is 39.2 Å². The highest BCUT2D eigenvalue weighted by Gasteiger charge is 2.26. The summed E-state index contributed by atoms with van der Waals surface area (Å²) in [6, 6.07) is 0. The van der Waals surface area contributed by atoms with Gasteiger partial charge in [0.2, 0.25) is 0 Å². The number of pyridine rings is 1. The first-order valence-corrected chi connectivity index (χ1v) is 6.21. The van der Waals surface area contributed by atoms with Crippen LogP contribution in [-0.2, 0) is 10.1 Å². The van der Waals surface area contributed by atoms with Crippen LogP contribution in [0.3, 0.4) is 0 Å². The van der Waals surface area contributed by atoms with Gasteiger partial charge in [-0.05, 0) is 6.92 Å². The lowest BCUT2D eigenvalue weighted by atomic mass is 10.1. The number of hydrogen-bond donors (Lipinski definition) is 0. The predicted octanol–water partition coefficient (Wildman–Crippen LogP) is 3.74. The summed E-state index contributed by atoms with van der Waals surface area (Å²) in [5.74, 6) is -0.864. The first kappa shape index (κ1) is 14.3. The molecule has 1 rings (SSSR count). The fraction of sp³-hybridized carbons (Fsp3) is 0.400. The van der Waals surface area contributed by atoms with Crippen LogP contribution in [0.2, 0.25) is 5.02 Å². The smallest absolute Gasteiger partial charge is 0.340 e. The van der Waals surface area contributed by atoms with Gasteiger partial charge in [-0.3, -0.25) is 4.98 Å². The van der Waals surface area contributed by atoms with Crippen molar-refractivity contribution in [1.82, 2.24) is 4.98 Å². The van der Waals surface area contributed by atoms with Gasteiger partial charge < -0.3 is 4.74 Å². The quantitative estimate of drug-likeness (QED) is 0.624. The minimum absolute atomic E-state index is 0.0763. The Morgan fingerprint density at radius 1 is 1.65 bits per heavy atom. The van der Waals surface area contributed by atoms with E-state index in [0.717, 1.165) is 6.20 Å². The molecule has 0 bridgehead atoms. The van der Waals surface area contributed by atoms with E-state index in [1.54, 1.807) is 6.92 Å². The summed E-state index contributed by atoms with van der Waals surface area (Å²) >= 11 is 8.75. The molecule has 1 heterocycles. The zero-order chi connectivity index (χ0) is 13.0. The van der Waals surface area contributed by atoms with Crippen LogP contribution in [0.1, 0.15) is 35.0 Å². The van der Waals surface area contributed by atoms with E-state index in [4.69, 9.17) is 16.3 Å². The van der Waals surface area contributed by atoms with Crippen LogP contribution in [0, 0.1) is 0 Å². The zero-order valence-corrected chi connectivity index (χ0v) is 11.2.